The summed E-state index contributed by atoms with van der Waals surface area (Å²) < 4.78 is 0. The first kappa shape index (κ1) is 15.8. The monoisotopic (exact) mass is 340 g/mol. The van der Waals surface area contributed by atoms with Crippen LogP contribution < -0.4 is 5.32 Å². The van der Waals surface area contributed by atoms with Crippen LogP contribution in [-0.2, 0) is 0 Å². The van der Waals surface area contributed by atoms with E-state index in [1.807, 2.05) is 17.7 Å². The zero-order valence-corrected chi connectivity index (χ0v) is 14.3. The second kappa shape index (κ2) is 6.57. The van der Waals surface area contributed by atoms with Gasteiger partial charge in [-0.05, 0) is 30.2 Å². The number of hydrogen-bond acceptors (Lipinski definition) is 3. The van der Waals surface area contributed by atoms with E-state index in [4.69, 9.17) is 4.99 Å². The lowest BCUT2D eigenvalue weighted by atomic mass is 9.97. The van der Waals surface area contributed by atoms with Crippen molar-refractivity contribution in [2.75, 3.05) is 5.32 Å². The summed E-state index contributed by atoms with van der Waals surface area (Å²) in [6.07, 6.45) is 1.82. The molecular formula is C19H17ClN2S. The van der Waals surface area contributed by atoms with E-state index in [1.54, 1.807) is 0 Å². The molecule has 23 heavy (non-hydrogen) atoms. The van der Waals surface area contributed by atoms with Gasteiger partial charge in [0.2, 0.25) is 0 Å². The summed E-state index contributed by atoms with van der Waals surface area (Å²) in [5.41, 5.74) is 4.94. The van der Waals surface area contributed by atoms with Crippen LogP contribution in [0.1, 0.15) is 21.4 Å². The molecule has 0 saturated carbocycles. The molecule has 0 spiro atoms. The normalized spacial score (nSPS) is 15.4. The third-order valence-corrected chi connectivity index (χ3v) is 5.02. The van der Waals surface area contributed by atoms with Crippen molar-refractivity contribution in [2.45, 2.75) is 13.0 Å². The van der Waals surface area contributed by atoms with E-state index < -0.39 is 0 Å². The highest BCUT2D eigenvalue weighted by atomic mass is 35.5. The Morgan fingerprint density at radius 3 is 2.57 bits per heavy atom. The maximum atomic E-state index is 4.71. The minimum absolute atomic E-state index is 0. The highest BCUT2D eigenvalue weighted by Crippen LogP contribution is 2.42. The molecule has 2 nitrogen and oxygen atoms in total. The second-order valence-electron chi connectivity index (χ2n) is 5.41. The van der Waals surface area contributed by atoms with Crippen molar-refractivity contribution in [3.05, 3.63) is 76.0 Å². The predicted molar refractivity (Wildman–Crippen MR) is 102 cm³/mol. The molecule has 116 valence electrons. The quantitative estimate of drug-likeness (QED) is 0.636. The van der Waals surface area contributed by atoms with Crippen LogP contribution in [-0.4, -0.2) is 6.34 Å². The van der Waals surface area contributed by atoms with Gasteiger partial charge in [0, 0.05) is 21.0 Å². The molecule has 1 aliphatic heterocycles. The third-order valence-electron chi connectivity index (χ3n) is 3.92. The van der Waals surface area contributed by atoms with Crippen LogP contribution in [0.15, 0.2) is 65.7 Å². The van der Waals surface area contributed by atoms with Gasteiger partial charge in [-0.3, -0.25) is 4.99 Å². The van der Waals surface area contributed by atoms with Crippen molar-refractivity contribution in [3.63, 3.8) is 0 Å². The van der Waals surface area contributed by atoms with Crippen LogP contribution in [0.4, 0.5) is 5.69 Å². The number of benzene rings is 2. The van der Waals surface area contributed by atoms with Crippen molar-refractivity contribution in [1.29, 1.82) is 0 Å². The molecule has 1 unspecified atom stereocenters. The molecule has 0 bridgehead atoms. The maximum Gasteiger partial charge on any atom is 0.113 e. The fourth-order valence-electron chi connectivity index (χ4n) is 2.92. The van der Waals surface area contributed by atoms with Gasteiger partial charge in [0.1, 0.15) is 6.04 Å². The Labute approximate surface area is 146 Å². The largest absolute Gasteiger partial charge is 0.346 e. The average Bonchev–Trinajstić information content (AvgIpc) is 2.97. The number of thiophene rings is 1. The fraction of sp³-hybridized carbons (Fsp3) is 0.105. The molecule has 1 aromatic heterocycles. The second-order valence-corrected chi connectivity index (χ2v) is 6.70. The van der Waals surface area contributed by atoms with Crippen molar-refractivity contribution in [3.8, 4) is 11.1 Å². The first-order valence-electron chi connectivity index (χ1n) is 7.36. The maximum absolute atomic E-state index is 4.71. The van der Waals surface area contributed by atoms with Crippen molar-refractivity contribution < 1.29 is 0 Å². The molecular weight excluding hydrogens is 324 g/mol. The van der Waals surface area contributed by atoms with Crippen LogP contribution in [0.2, 0.25) is 0 Å². The summed E-state index contributed by atoms with van der Waals surface area (Å²) in [4.78, 5) is 7.35. The SMILES string of the molecule is Cc1cc(-c2ccccc2)c(C2N=CNc3ccccc32)s1.Cl. The van der Waals surface area contributed by atoms with Gasteiger partial charge in [-0.1, -0.05) is 48.5 Å². The number of aryl methyl sites for hydroxylation is 1. The van der Waals surface area contributed by atoms with Crippen molar-refractivity contribution >= 4 is 35.8 Å². The molecule has 0 amide bonds. The summed E-state index contributed by atoms with van der Waals surface area (Å²) in [5.74, 6) is 0. The highest BCUT2D eigenvalue weighted by Gasteiger charge is 2.24. The van der Waals surface area contributed by atoms with E-state index in [0.29, 0.717) is 0 Å². The van der Waals surface area contributed by atoms with Crippen molar-refractivity contribution in [1.82, 2.24) is 0 Å². The van der Waals surface area contributed by atoms with E-state index in [1.165, 1.54) is 26.4 Å². The van der Waals surface area contributed by atoms with Crippen LogP contribution in [0.5, 0.6) is 0 Å². The number of anilines is 1. The topological polar surface area (TPSA) is 24.4 Å². The zero-order chi connectivity index (χ0) is 14.9. The number of para-hydroxylation sites is 1. The zero-order valence-electron chi connectivity index (χ0n) is 12.7. The van der Waals surface area contributed by atoms with Gasteiger partial charge in [-0.15, -0.1) is 23.7 Å². The summed E-state index contributed by atoms with van der Waals surface area (Å²) in [5, 5.41) is 3.24. The van der Waals surface area contributed by atoms with E-state index in [0.717, 1.165) is 5.69 Å². The summed E-state index contributed by atoms with van der Waals surface area (Å²) in [6, 6.07) is 21.3. The lowest BCUT2D eigenvalue weighted by molar-refractivity contribution is 0.893. The number of rotatable bonds is 2. The highest BCUT2D eigenvalue weighted by molar-refractivity contribution is 7.12. The molecule has 4 heteroatoms. The molecule has 2 aromatic carbocycles. The molecule has 0 saturated heterocycles. The van der Waals surface area contributed by atoms with Gasteiger partial charge in [0.05, 0.1) is 6.34 Å². The Morgan fingerprint density at radius 1 is 1.00 bits per heavy atom. The minimum Gasteiger partial charge on any atom is -0.346 e. The van der Waals surface area contributed by atoms with Gasteiger partial charge in [0.15, 0.2) is 0 Å². The number of nitrogens with zero attached hydrogens (tertiary/aromatic N) is 1. The summed E-state index contributed by atoms with van der Waals surface area (Å²) >= 11 is 1.84. The van der Waals surface area contributed by atoms with E-state index in [-0.39, 0.29) is 18.4 Å². The molecule has 1 atom stereocenters. The fourth-order valence-corrected chi connectivity index (χ4v) is 4.03. The Morgan fingerprint density at radius 2 is 1.74 bits per heavy atom. The Bertz CT molecular complexity index is 840. The molecule has 0 fully saturated rings. The summed E-state index contributed by atoms with van der Waals surface area (Å²) in [6.45, 7) is 2.16. The first-order valence-corrected chi connectivity index (χ1v) is 8.17. The van der Waals surface area contributed by atoms with Crippen LogP contribution >= 0.6 is 23.7 Å². The minimum atomic E-state index is 0. The van der Waals surface area contributed by atoms with Crippen molar-refractivity contribution in [2.24, 2.45) is 4.99 Å². The number of halogens is 1. The molecule has 0 radical (unpaired) electrons. The Hall–Kier alpha value is -2.10. The lowest BCUT2D eigenvalue weighted by Crippen LogP contribution is -2.10. The number of aliphatic imine (C=N–C) groups is 1. The predicted octanol–water partition coefficient (Wildman–Crippen LogP) is 5.69. The van der Waals surface area contributed by atoms with Crippen LogP contribution in [0, 0.1) is 6.92 Å². The molecule has 1 aliphatic rings. The van der Waals surface area contributed by atoms with Gasteiger partial charge >= 0.3 is 0 Å². The standard InChI is InChI=1S/C19H16N2S.ClH/c1-13-11-16(14-7-3-2-4-8-14)19(22-13)18-15-9-5-6-10-17(15)20-12-21-18;/h2-12,18H,1H3,(H,20,21);1H. The number of fused-ring (bicyclic) bond motifs is 1. The van der Waals surface area contributed by atoms with Gasteiger partial charge < -0.3 is 5.32 Å². The van der Waals surface area contributed by atoms with E-state index in [2.05, 4.69) is 72.9 Å². The molecule has 4 rings (SSSR count). The lowest BCUT2D eigenvalue weighted by Gasteiger charge is -2.21. The van der Waals surface area contributed by atoms with Gasteiger partial charge in [0.25, 0.3) is 0 Å². The molecule has 0 aliphatic carbocycles. The first-order chi connectivity index (χ1) is 10.8. The Kier molecular flexibility index (Phi) is 4.51. The Balaban J connectivity index is 0.00000156. The van der Waals surface area contributed by atoms with E-state index in [9.17, 15) is 0 Å². The molecule has 1 N–H and O–H groups in total. The van der Waals surface area contributed by atoms with Crippen LogP contribution in [0.3, 0.4) is 0 Å². The number of nitrogens with one attached hydrogen (secondary N) is 1. The number of hydrogen-bond donors (Lipinski definition) is 1. The summed E-state index contributed by atoms with van der Waals surface area (Å²) in [7, 11) is 0. The third kappa shape index (κ3) is 2.90. The van der Waals surface area contributed by atoms with Gasteiger partial charge in [-0.25, -0.2) is 0 Å². The average molecular weight is 341 g/mol. The van der Waals surface area contributed by atoms with E-state index >= 15 is 0 Å². The van der Waals surface area contributed by atoms with Gasteiger partial charge in [-0.2, -0.15) is 0 Å². The smallest absolute Gasteiger partial charge is 0.113 e. The molecule has 2 heterocycles. The van der Waals surface area contributed by atoms with Crippen LogP contribution in [0.25, 0.3) is 11.1 Å². The molecule has 3 aromatic rings.